The van der Waals surface area contributed by atoms with E-state index >= 15 is 0 Å². The van der Waals surface area contributed by atoms with E-state index in [0.717, 1.165) is 19.4 Å². The van der Waals surface area contributed by atoms with Crippen LogP contribution in [0.4, 0.5) is 13.2 Å². The summed E-state index contributed by atoms with van der Waals surface area (Å²) in [6, 6.07) is 0. The average Bonchev–Trinajstić information content (AvgIpc) is 2.55. The highest BCUT2D eigenvalue weighted by Crippen LogP contribution is 2.32. The van der Waals surface area contributed by atoms with Gasteiger partial charge in [-0.1, -0.05) is 0 Å². The minimum Gasteiger partial charge on any atom is -0.380 e. The van der Waals surface area contributed by atoms with Crippen LogP contribution in [0.1, 0.15) is 19.8 Å². The van der Waals surface area contributed by atoms with Gasteiger partial charge in [-0.2, -0.15) is 13.2 Å². The van der Waals surface area contributed by atoms with Crippen LogP contribution in [-0.4, -0.2) is 56.0 Å². The lowest BCUT2D eigenvalue weighted by atomic mass is 9.91. The first-order chi connectivity index (χ1) is 8.42. The monoisotopic (exact) mass is 266 g/mol. The predicted octanol–water partition coefficient (Wildman–Crippen LogP) is 1.64. The van der Waals surface area contributed by atoms with Gasteiger partial charge in [-0.05, 0) is 19.8 Å². The number of hydrogen-bond acceptors (Lipinski definition) is 3. The Morgan fingerprint density at radius 1 is 1.39 bits per heavy atom. The summed E-state index contributed by atoms with van der Waals surface area (Å²) in [6.07, 6.45) is -2.28. The zero-order chi connectivity index (χ0) is 13.2. The SMILES string of the molecule is CC1(N2CCNCC(C(F)(F)F)C2)CCCOC1. The van der Waals surface area contributed by atoms with Gasteiger partial charge in [-0.15, -0.1) is 0 Å². The first-order valence-electron chi connectivity index (χ1n) is 6.52. The van der Waals surface area contributed by atoms with Crippen LogP contribution in [0.3, 0.4) is 0 Å². The zero-order valence-electron chi connectivity index (χ0n) is 10.7. The van der Waals surface area contributed by atoms with Crippen molar-refractivity contribution in [2.45, 2.75) is 31.5 Å². The van der Waals surface area contributed by atoms with Crippen molar-refractivity contribution in [3.8, 4) is 0 Å². The third kappa shape index (κ3) is 3.16. The Hall–Kier alpha value is -0.330. The molecule has 0 aromatic carbocycles. The van der Waals surface area contributed by atoms with Gasteiger partial charge in [-0.25, -0.2) is 0 Å². The highest BCUT2D eigenvalue weighted by atomic mass is 19.4. The fourth-order valence-corrected chi connectivity index (χ4v) is 2.79. The van der Waals surface area contributed by atoms with Crippen LogP contribution in [0.5, 0.6) is 0 Å². The van der Waals surface area contributed by atoms with Gasteiger partial charge in [0.15, 0.2) is 0 Å². The highest BCUT2D eigenvalue weighted by molar-refractivity contribution is 4.92. The van der Waals surface area contributed by atoms with Gasteiger partial charge in [0.25, 0.3) is 0 Å². The molecule has 2 rings (SSSR count). The van der Waals surface area contributed by atoms with E-state index in [9.17, 15) is 13.2 Å². The highest BCUT2D eigenvalue weighted by Gasteiger charge is 2.44. The molecule has 0 aromatic rings. The van der Waals surface area contributed by atoms with E-state index in [1.165, 1.54) is 0 Å². The third-order valence-electron chi connectivity index (χ3n) is 4.03. The normalized spacial score (nSPS) is 36.3. The van der Waals surface area contributed by atoms with Crippen LogP contribution >= 0.6 is 0 Å². The average molecular weight is 266 g/mol. The molecular formula is C12H21F3N2O. The molecule has 1 N–H and O–H groups in total. The van der Waals surface area contributed by atoms with Crippen molar-refractivity contribution in [1.29, 1.82) is 0 Å². The second-order valence-corrected chi connectivity index (χ2v) is 5.54. The Balaban J connectivity index is 2.06. The summed E-state index contributed by atoms with van der Waals surface area (Å²) in [5, 5.41) is 2.89. The lowest BCUT2D eigenvalue weighted by Gasteiger charge is -2.44. The van der Waals surface area contributed by atoms with E-state index in [0.29, 0.717) is 19.7 Å². The molecule has 0 spiro atoms. The molecule has 2 saturated heterocycles. The van der Waals surface area contributed by atoms with E-state index in [1.54, 1.807) is 0 Å². The van der Waals surface area contributed by atoms with Crippen molar-refractivity contribution in [3.05, 3.63) is 0 Å². The quantitative estimate of drug-likeness (QED) is 0.781. The molecule has 0 radical (unpaired) electrons. The third-order valence-corrected chi connectivity index (χ3v) is 4.03. The van der Waals surface area contributed by atoms with E-state index < -0.39 is 12.1 Å². The van der Waals surface area contributed by atoms with Crippen molar-refractivity contribution >= 4 is 0 Å². The van der Waals surface area contributed by atoms with Gasteiger partial charge in [0, 0.05) is 38.3 Å². The number of hydrogen-bond donors (Lipinski definition) is 1. The molecule has 2 unspecified atom stereocenters. The molecule has 2 fully saturated rings. The standard InChI is InChI=1S/C12H21F3N2O/c1-11(3-2-6-18-9-11)17-5-4-16-7-10(8-17)12(13,14)15/h10,16H,2-9H2,1H3. The molecule has 3 nitrogen and oxygen atoms in total. The van der Waals surface area contributed by atoms with Crippen LogP contribution in [-0.2, 0) is 4.74 Å². The molecule has 2 atom stereocenters. The Labute approximate surface area is 106 Å². The maximum atomic E-state index is 12.9. The Morgan fingerprint density at radius 2 is 2.17 bits per heavy atom. The van der Waals surface area contributed by atoms with Crippen LogP contribution in [0.2, 0.25) is 0 Å². The van der Waals surface area contributed by atoms with E-state index in [4.69, 9.17) is 4.74 Å². The smallest absolute Gasteiger partial charge is 0.380 e. The van der Waals surface area contributed by atoms with Crippen LogP contribution in [0, 0.1) is 5.92 Å². The van der Waals surface area contributed by atoms with E-state index in [1.807, 2.05) is 11.8 Å². The van der Waals surface area contributed by atoms with Gasteiger partial charge in [0.2, 0.25) is 0 Å². The summed E-state index contributed by atoms with van der Waals surface area (Å²) in [6.45, 7) is 4.66. The summed E-state index contributed by atoms with van der Waals surface area (Å²) < 4.78 is 44.1. The minimum atomic E-state index is -4.12. The molecule has 2 aliphatic rings. The Bertz CT molecular complexity index is 277. The van der Waals surface area contributed by atoms with Crippen molar-refractivity contribution in [2.24, 2.45) is 5.92 Å². The molecule has 6 heteroatoms. The molecule has 0 aliphatic carbocycles. The number of nitrogens with one attached hydrogen (secondary N) is 1. The number of rotatable bonds is 1. The summed E-state index contributed by atoms with van der Waals surface area (Å²) >= 11 is 0. The van der Waals surface area contributed by atoms with Crippen molar-refractivity contribution in [1.82, 2.24) is 10.2 Å². The van der Waals surface area contributed by atoms with Crippen LogP contribution in [0.15, 0.2) is 0 Å². The number of nitrogens with zero attached hydrogens (tertiary/aromatic N) is 1. The van der Waals surface area contributed by atoms with Crippen molar-refractivity contribution < 1.29 is 17.9 Å². The molecule has 2 aliphatic heterocycles. The number of halogens is 3. The summed E-state index contributed by atoms with van der Waals surface area (Å²) in [7, 11) is 0. The van der Waals surface area contributed by atoms with Gasteiger partial charge in [0.05, 0.1) is 12.5 Å². The summed E-state index contributed by atoms with van der Waals surface area (Å²) in [5.74, 6) is -1.28. The fraction of sp³-hybridized carbons (Fsp3) is 1.00. The molecule has 0 bridgehead atoms. The molecule has 0 amide bonds. The maximum Gasteiger partial charge on any atom is 0.394 e. The number of ether oxygens (including phenoxy) is 1. The predicted molar refractivity (Wildman–Crippen MR) is 62.4 cm³/mol. The van der Waals surface area contributed by atoms with E-state index in [-0.39, 0.29) is 18.6 Å². The van der Waals surface area contributed by atoms with Gasteiger partial charge in [0.1, 0.15) is 0 Å². The molecule has 0 aromatic heterocycles. The zero-order valence-corrected chi connectivity index (χ0v) is 10.7. The lowest BCUT2D eigenvalue weighted by molar-refractivity contribution is -0.181. The second kappa shape index (κ2) is 5.35. The summed E-state index contributed by atoms with van der Waals surface area (Å²) in [4.78, 5) is 1.96. The summed E-state index contributed by atoms with van der Waals surface area (Å²) in [5.41, 5.74) is -0.242. The largest absolute Gasteiger partial charge is 0.394 e. The first kappa shape index (κ1) is 14.1. The first-order valence-corrected chi connectivity index (χ1v) is 6.52. The number of alkyl halides is 3. The molecular weight excluding hydrogens is 245 g/mol. The minimum absolute atomic E-state index is 0.0247. The van der Waals surface area contributed by atoms with Crippen molar-refractivity contribution in [2.75, 3.05) is 39.4 Å². The Morgan fingerprint density at radius 3 is 2.78 bits per heavy atom. The molecule has 106 valence electrons. The maximum absolute atomic E-state index is 12.9. The second-order valence-electron chi connectivity index (χ2n) is 5.54. The Kier molecular flexibility index (Phi) is 4.18. The molecule has 2 heterocycles. The van der Waals surface area contributed by atoms with Gasteiger partial charge >= 0.3 is 6.18 Å². The fourth-order valence-electron chi connectivity index (χ4n) is 2.79. The molecule has 18 heavy (non-hydrogen) atoms. The van der Waals surface area contributed by atoms with Gasteiger partial charge < -0.3 is 10.1 Å². The van der Waals surface area contributed by atoms with Crippen LogP contribution < -0.4 is 5.32 Å². The van der Waals surface area contributed by atoms with Crippen molar-refractivity contribution in [3.63, 3.8) is 0 Å². The van der Waals surface area contributed by atoms with Crippen LogP contribution in [0.25, 0.3) is 0 Å². The lowest BCUT2D eigenvalue weighted by Crippen LogP contribution is -2.54. The van der Waals surface area contributed by atoms with Gasteiger partial charge in [-0.3, -0.25) is 4.90 Å². The topological polar surface area (TPSA) is 24.5 Å². The molecule has 0 saturated carbocycles. The van der Waals surface area contributed by atoms with E-state index in [2.05, 4.69) is 5.32 Å².